The lowest BCUT2D eigenvalue weighted by Crippen LogP contribution is -2.44. The second kappa shape index (κ2) is 10.9. The molecule has 31 heavy (non-hydrogen) atoms. The van der Waals surface area contributed by atoms with Gasteiger partial charge in [0.15, 0.2) is 0 Å². The van der Waals surface area contributed by atoms with E-state index in [2.05, 4.69) is 5.32 Å². The molecule has 6 nitrogen and oxygen atoms in total. The average Bonchev–Trinajstić information content (AvgIpc) is 3.05. The lowest BCUT2D eigenvalue weighted by Gasteiger charge is -2.27. The molecule has 2 aromatic rings. The van der Waals surface area contributed by atoms with Crippen LogP contribution in [-0.2, 0) is 16.0 Å². The maximum Gasteiger partial charge on any atom is 0.241 e. The van der Waals surface area contributed by atoms with E-state index >= 15 is 0 Å². The molecule has 7 heteroatoms. The third-order valence-electron chi connectivity index (χ3n) is 5.73. The number of amides is 2. The van der Waals surface area contributed by atoms with Crippen LogP contribution in [0.1, 0.15) is 25.3 Å². The van der Waals surface area contributed by atoms with Crippen molar-refractivity contribution in [2.75, 3.05) is 38.6 Å². The monoisotopic (exact) mass is 427 g/mol. The lowest BCUT2D eigenvalue weighted by atomic mass is 10.1. The largest absolute Gasteiger partial charge is 0.497 e. The molecule has 166 valence electrons. The number of anilines is 1. The molecule has 0 aliphatic carbocycles. The number of nitrogens with zero attached hydrogens (tertiary/aromatic N) is 2. The highest BCUT2D eigenvalue weighted by atomic mass is 19.1. The van der Waals surface area contributed by atoms with Crippen molar-refractivity contribution in [3.63, 3.8) is 0 Å². The zero-order valence-corrected chi connectivity index (χ0v) is 18.1. The van der Waals surface area contributed by atoms with E-state index in [1.807, 2.05) is 41.0 Å². The molecule has 1 aliphatic rings. The summed E-state index contributed by atoms with van der Waals surface area (Å²) in [6.07, 6.45) is 1.94. The van der Waals surface area contributed by atoms with Crippen molar-refractivity contribution < 1.29 is 18.7 Å². The molecule has 3 rings (SSSR count). The molecule has 1 unspecified atom stereocenters. The molecule has 1 aliphatic heterocycles. The Labute approximate surface area is 183 Å². The van der Waals surface area contributed by atoms with Gasteiger partial charge in [-0.05, 0) is 49.6 Å². The second-order valence-electron chi connectivity index (χ2n) is 7.76. The van der Waals surface area contributed by atoms with E-state index < -0.39 is 11.9 Å². The van der Waals surface area contributed by atoms with E-state index in [0.29, 0.717) is 39.0 Å². The highest BCUT2D eigenvalue weighted by Crippen LogP contribution is 2.16. The van der Waals surface area contributed by atoms with Crippen LogP contribution < -0.4 is 10.1 Å². The fourth-order valence-electron chi connectivity index (χ4n) is 3.74. The Hall–Kier alpha value is -2.93. The van der Waals surface area contributed by atoms with Gasteiger partial charge < -0.3 is 15.0 Å². The van der Waals surface area contributed by atoms with Crippen molar-refractivity contribution in [3.8, 4) is 5.75 Å². The maximum absolute atomic E-state index is 13.8. The van der Waals surface area contributed by atoms with Gasteiger partial charge in [0.05, 0.1) is 18.8 Å². The standard InChI is InChI=1S/C24H30FN3O3/c1-18(24(30)26-22-7-4-3-6-21(22)25)27-14-5-15-28(17-16-27)23(29)13-10-19-8-11-20(31-2)12-9-19/h3-4,6-9,11-12,18H,5,10,13-17H2,1-2H3,(H,26,30). The predicted octanol–water partition coefficient (Wildman–Crippen LogP) is 3.33. The van der Waals surface area contributed by atoms with Gasteiger partial charge in [0.2, 0.25) is 11.8 Å². The number of rotatable bonds is 7. The van der Waals surface area contributed by atoms with Gasteiger partial charge in [-0.15, -0.1) is 0 Å². The van der Waals surface area contributed by atoms with Crippen molar-refractivity contribution in [2.45, 2.75) is 32.2 Å². The number of nitrogens with one attached hydrogen (secondary N) is 1. The van der Waals surface area contributed by atoms with E-state index in [1.54, 1.807) is 25.3 Å². The van der Waals surface area contributed by atoms with E-state index in [4.69, 9.17) is 4.74 Å². The summed E-state index contributed by atoms with van der Waals surface area (Å²) in [6.45, 7) is 4.41. The third kappa shape index (κ3) is 6.28. The van der Waals surface area contributed by atoms with Crippen LogP contribution in [0.2, 0.25) is 0 Å². The van der Waals surface area contributed by atoms with Gasteiger partial charge in [0.25, 0.3) is 0 Å². The first-order valence-electron chi connectivity index (χ1n) is 10.7. The number of carbonyl (C=O) groups excluding carboxylic acids is 2. The third-order valence-corrected chi connectivity index (χ3v) is 5.73. The first kappa shape index (κ1) is 22.7. The molecular formula is C24H30FN3O3. The normalized spacial score (nSPS) is 15.8. The van der Waals surface area contributed by atoms with E-state index in [9.17, 15) is 14.0 Å². The summed E-state index contributed by atoms with van der Waals surface area (Å²) in [4.78, 5) is 29.2. The molecule has 2 aromatic carbocycles. The zero-order valence-electron chi connectivity index (χ0n) is 18.1. The summed E-state index contributed by atoms with van der Waals surface area (Å²) in [5, 5.41) is 2.66. The van der Waals surface area contributed by atoms with Crippen LogP contribution in [0.15, 0.2) is 48.5 Å². The smallest absolute Gasteiger partial charge is 0.241 e. The summed E-state index contributed by atoms with van der Waals surface area (Å²) in [7, 11) is 1.63. The van der Waals surface area contributed by atoms with Crippen LogP contribution in [0, 0.1) is 5.82 Å². The summed E-state index contributed by atoms with van der Waals surface area (Å²) in [5.41, 5.74) is 1.29. The van der Waals surface area contributed by atoms with Crippen LogP contribution in [0.4, 0.5) is 10.1 Å². The lowest BCUT2D eigenvalue weighted by molar-refractivity contribution is -0.131. The number of benzene rings is 2. The van der Waals surface area contributed by atoms with Gasteiger partial charge >= 0.3 is 0 Å². The maximum atomic E-state index is 13.8. The minimum atomic E-state index is -0.451. The Morgan fingerprint density at radius 2 is 1.81 bits per heavy atom. The van der Waals surface area contributed by atoms with Crippen molar-refractivity contribution in [1.82, 2.24) is 9.80 Å². The molecule has 0 radical (unpaired) electrons. The number of aryl methyl sites for hydroxylation is 1. The Kier molecular flexibility index (Phi) is 8.00. The Morgan fingerprint density at radius 3 is 2.52 bits per heavy atom. The van der Waals surface area contributed by atoms with Crippen LogP contribution in [-0.4, -0.2) is 60.9 Å². The summed E-state index contributed by atoms with van der Waals surface area (Å²) < 4.78 is 19.0. The van der Waals surface area contributed by atoms with E-state index in [0.717, 1.165) is 17.7 Å². The molecule has 1 fully saturated rings. The fourth-order valence-corrected chi connectivity index (χ4v) is 3.74. The van der Waals surface area contributed by atoms with Gasteiger partial charge in [-0.3, -0.25) is 14.5 Å². The SMILES string of the molecule is COc1ccc(CCC(=O)N2CCCN(C(C)C(=O)Nc3ccccc3F)CC2)cc1. The Balaban J connectivity index is 1.48. The molecule has 0 bridgehead atoms. The van der Waals surface area contributed by atoms with Gasteiger partial charge in [-0.1, -0.05) is 24.3 Å². The van der Waals surface area contributed by atoms with Crippen molar-refractivity contribution in [2.24, 2.45) is 0 Å². The molecule has 0 saturated carbocycles. The van der Waals surface area contributed by atoms with Gasteiger partial charge in [-0.25, -0.2) is 4.39 Å². The molecule has 0 spiro atoms. The zero-order chi connectivity index (χ0) is 22.2. The highest BCUT2D eigenvalue weighted by molar-refractivity contribution is 5.94. The number of para-hydroxylation sites is 1. The summed E-state index contributed by atoms with van der Waals surface area (Å²) in [6, 6.07) is 13.5. The van der Waals surface area contributed by atoms with Gasteiger partial charge in [0, 0.05) is 32.6 Å². The fraction of sp³-hybridized carbons (Fsp3) is 0.417. The van der Waals surface area contributed by atoms with Crippen LogP contribution >= 0.6 is 0 Å². The van der Waals surface area contributed by atoms with E-state index in [-0.39, 0.29) is 17.5 Å². The molecular weight excluding hydrogens is 397 g/mol. The quantitative estimate of drug-likeness (QED) is 0.736. The van der Waals surface area contributed by atoms with Crippen molar-refractivity contribution >= 4 is 17.5 Å². The van der Waals surface area contributed by atoms with Gasteiger partial charge in [-0.2, -0.15) is 0 Å². The van der Waals surface area contributed by atoms with Gasteiger partial charge in [0.1, 0.15) is 11.6 Å². The molecule has 1 heterocycles. The van der Waals surface area contributed by atoms with Crippen LogP contribution in [0.3, 0.4) is 0 Å². The molecule has 2 amide bonds. The number of halogens is 1. The van der Waals surface area contributed by atoms with Crippen molar-refractivity contribution in [1.29, 1.82) is 0 Å². The van der Waals surface area contributed by atoms with Crippen molar-refractivity contribution in [3.05, 3.63) is 59.9 Å². The van der Waals surface area contributed by atoms with Crippen LogP contribution in [0.25, 0.3) is 0 Å². The topological polar surface area (TPSA) is 61.9 Å². The molecule has 1 saturated heterocycles. The first-order valence-corrected chi connectivity index (χ1v) is 10.7. The minimum absolute atomic E-state index is 0.126. The molecule has 1 N–H and O–H groups in total. The number of hydrogen-bond acceptors (Lipinski definition) is 4. The first-order chi connectivity index (χ1) is 15.0. The summed E-state index contributed by atoms with van der Waals surface area (Å²) >= 11 is 0. The van der Waals surface area contributed by atoms with E-state index in [1.165, 1.54) is 6.07 Å². The molecule has 1 atom stereocenters. The number of methoxy groups -OCH3 is 1. The minimum Gasteiger partial charge on any atom is -0.497 e. The number of ether oxygens (including phenoxy) is 1. The number of carbonyl (C=O) groups is 2. The second-order valence-corrected chi connectivity index (χ2v) is 7.76. The predicted molar refractivity (Wildman–Crippen MR) is 119 cm³/mol. The highest BCUT2D eigenvalue weighted by Gasteiger charge is 2.26. The Bertz CT molecular complexity index is 888. The molecule has 0 aromatic heterocycles. The summed E-state index contributed by atoms with van der Waals surface area (Å²) in [5.74, 6) is 0.230. The number of hydrogen-bond donors (Lipinski definition) is 1. The van der Waals surface area contributed by atoms with Crippen LogP contribution in [0.5, 0.6) is 5.75 Å². The Morgan fingerprint density at radius 1 is 1.06 bits per heavy atom. The average molecular weight is 428 g/mol.